The lowest BCUT2D eigenvalue weighted by atomic mass is 10.2. The smallest absolute Gasteiger partial charge is 0.255 e. The predicted octanol–water partition coefficient (Wildman–Crippen LogP) is 1.23. The minimum absolute atomic E-state index is 0.0970. The zero-order valence-corrected chi connectivity index (χ0v) is 12.8. The average molecular weight is 352 g/mol. The minimum Gasteiger partial charge on any atom is -0.398 e. The third-order valence-corrected chi connectivity index (χ3v) is 3.42. The highest BCUT2D eigenvalue weighted by atomic mass is 79.9. The van der Waals surface area contributed by atoms with Crippen LogP contribution >= 0.6 is 15.9 Å². The van der Waals surface area contributed by atoms with E-state index in [1.807, 2.05) is 0 Å². The number of amides is 2. The number of nitrogens with two attached hydrogens (primary N) is 1. The van der Waals surface area contributed by atoms with Gasteiger partial charge in [-0.1, -0.05) is 0 Å². The summed E-state index contributed by atoms with van der Waals surface area (Å²) in [5.41, 5.74) is 7.21. The number of benzene rings is 1. The van der Waals surface area contributed by atoms with Gasteiger partial charge >= 0.3 is 0 Å². The highest BCUT2D eigenvalue weighted by molar-refractivity contribution is 9.10. The van der Waals surface area contributed by atoms with Crippen LogP contribution in [0.1, 0.15) is 10.4 Å². The van der Waals surface area contributed by atoms with Crippen LogP contribution in [0.3, 0.4) is 0 Å². The maximum absolute atomic E-state index is 12.1. The van der Waals surface area contributed by atoms with Gasteiger partial charge in [0.15, 0.2) is 0 Å². The molecule has 8 heteroatoms. The van der Waals surface area contributed by atoms with Crippen LogP contribution < -0.4 is 16.4 Å². The fourth-order valence-corrected chi connectivity index (χ4v) is 1.99. The molecule has 2 rings (SSSR count). The summed E-state index contributed by atoms with van der Waals surface area (Å²) >= 11 is 3.27. The summed E-state index contributed by atoms with van der Waals surface area (Å²) < 4.78 is 2.10. The van der Waals surface area contributed by atoms with Gasteiger partial charge in [0, 0.05) is 29.0 Å². The van der Waals surface area contributed by atoms with Crippen LogP contribution in [0.15, 0.2) is 35.1 Å². The maximum atomic E-state index is 12.1. The fraction of sp³-hybridized carbons (Fsp3) is 0.154. The fourth-order valence-electron chi connectivity index (χ4n) is 1.61. The van der Waals surface area contributed by atoms with Crippen molar-refractivity contribution in [3.63, 3.8) is 0 Å². The molecule has 110 valence electrons. The van der Waals surface area contributed by atoms with Crippen LogP contribution in [0.5, 0.6) is 0 Å². The van der Waals surface area contributed by atoms with Crippen molar-refractivity contribution in [1.82, 2.24) is 15.1 Å². The van der Waals surface area contributed by atoms with E-state index in [9.17, 15) is 9.59 Å². The number of rotatable bonds is 4. The van der Waals surface area contributed by atoms with Gasteiger partial charge in [0.1, 0.15) is 6.54 Å². The van der Waals surface area contributed by atoms with Gasteiger partial charge < -0.3 is 16.4 Å². The molecule has 0 spiro atoms. The Bertz CT molecular complexity index is 683. The van der Waals surface area contributed by atoms with E-state index in [1.165, 1.54) is 10.9 Å². The number of halogens is 1. The maximum Gasteiger partial charge on any atom is 0.255 e. The average Bonchev–Trinajstić information content (AvgIpc) is 2.88. The third-order valence-electron chi connectivity index (χ3n) is 2.74. The van der Waals surface area contributed by atoms with E-state index in [-0.39, 0.29) is 18.4 Å². The number of nitrogen functional groups attached to an aromatic ring is 1. The van der Waals surface area contributed by atoms with Crippen molar-refractivity contribution in [2.24, 2.45) is 0 Å². The van der Waals surface area contributed by atoms with Crippen LogP contribution in [0.25, 0.3) is 0 Å². The lowest BCUT2D eigenvalue weighted by molar-refractivity contribution is -0.121. The molecule has 0 atom stereocenters. The molecule has 7 nitrogen and oxygen atoms in total. The van der Waals surface area contributed by atoms with Crippen LogP contribution in [0, 0.1) is 0 Å². The van der Waals surface area contributed by atoms with E-state index in [4.69, 9.17) is 5.73 Å². The Balaban J connectivity index is 2.05. The minimum atomic E-state index is -0.282. The number of carbonyl (C=O) groups excluding carboxylic acids is 2. The number of anilines is 2. The Hall–Kier alpha value is -2.35. The second kappa shape index (κ2) is 6.40. The molecule has 0 aliphatic heterocycles. The molecule has 0 bridgehead atoms. The van der Waals surface area contributed by atoms with E-state index in [0.717, 1.165) is 0 Å². The van der Waals surface area contributed by atoms with E-state index in [2.05, 4.69) is 31.7 Å². The number of hydrogen-bond acceptors (Lipinski definition) is 4. The summed E-state index contributed by atoms with van der Waals surface area (Å²) in [7, 11) is 1.55. The van der Waals surface area contributed by atoms with Gasteiger partial charge in [0.25, 0.3) is 5.91 Å². The van der Waals surface area contributed by atoms with Crippen LogP contribution in [-0.4, -0.2) is 28.6 Å². The Kier molecular flexibility index (Phi) is 4.59. The first-order valence-electron chi connectivity index (χ1n) is 6.09. The summed E-state index contributed by atoms with van der Waals surface area (Å²) in [5.74, 6) is -0.450. The molecule has 0 aliphatic carbocycles. The number of nitrogens with zero attached hydrogens (tertiary/aromatic N) is 2. The molecule has 1 aromatic carbocycles. The standard InChI is InChI=1S/C13H14BrN5O2/c1-16-12(20)7-19-6-9(5-17-19)18-13(21)8-2-3-11(15)10(14)4-8/h2-6H,7,15H2,1H3,(H,16,20)(H,18,21). The second-order valence-corrected chi connectivity index (χ2v) is 5.14. The third kappa shape index (κ3) is 3.82. The van der Waals surface area contributed by atoms with Crippen molar-refractivity contribution < 1.29 is 9.59 Å². The van der Waals surface area contributed by atoms with Crippen LogP contribution in [0.2, 0.25) is 0 Å². The number of likely N-dealkylation sites (N-methyl/N-ethyl adjacent to an activating group) is 1. The van der Waals surface area contributed by atoms with Crippen molar-refractivity contribution >= 4 is 39.1 Å². The molecule has 0 unspecified atom stereocenters. The summed E-state index contributed by atoms with van der Waals surface area (Å²) in [6.45, 7) is 0.0970. The Morgan fingerprint density at radius 2 is 2.19 bits per heavy atom. The van der Waals surface area contributed by atoms with Crippen LogP contribution in [0.4, 0.5) is 11.4 Å². The molecule has 2 aromatic rings. The Labute approximate surface area is 129 Å². The van der Waals surface area contributed by atoms with Gasteiger partial charge in [-0.05, 0) is 34.1 Å². The quantitative estimate of drug-likeness (QED) is 0.720. The van der Waals surface area contributed by atoms with E-state index in [1.54, 1.807) is 31.4 Å². The van der Waals surface area contributed by atoms with Gasteiger partial charge in [0.2, 0.25) is 5.91 Å². The molecule has 0 radical (unpaired) electrons. The molecular formula is C13H14BrN5O2. The highest BCUT2D eigenvalue weighted by Gasteiger charge is 2.10. The molecule has 0 saturated carbocycles. The lowest BCUT2D eigenvalue weighted by Gasteiger charge is -2.04. The molecule has 0 aliphatic rings. The number of nitrogens with one attached hydrogen (secondary N) is 2. The van der Waals surface area contributed by atoms with Crippen molar-refractivity contribution in [2.75, 3.05) is 18.1 Å². The molecule has 0 saturated heterocycles. The number of aromatic nitrogens is 2. The second-order valence-electron chi connectivity index (χ2n) is 4.29. The largest absolute Gasteiger partial charge is 0.398 e. The molecule has 21 heavy (non-hydrogen) atoms. The summed E-state index contributed by atoms with van der Waals surface area (Å²) in [6.07, 6.45) is 3.06. The van der Waals surface area contributed by atoms with Gasteiger partial charge in [0.05, 0.1) is 11.9 Å². The zero-order valence-electron chi connectivity index (χ0n) is 11.3. The van der Waals surface area contributed by atoms with Gasteiger partial charge in [-0.2, -0.15) is 5.10 Å². The molecule has 1 aromatic heterocycles. The first kappa shape index (κ1) is 15.0. The van der Waals surface area contributed by atoms with Gasteiger partial charge in [-0.3, -0.25) is 14.3 Å². The zero-order chi connectivity index (χ0) is 15.4. The van der Waals surface area contributed by atoms with E-state index < -0.39 is 0 Å². The number of hydrogen-bond donors (Lipinski definition) is 3. The Morgan fingerprint density at radius 1 is 1.43 bits per heavy atom. The molecular weight excluding hydrogens is 338 g/mol. The molecule has 4 N–H and O–H groups in total. The van der Waals surface area contributed by atoms with Gasteiger partial charge in [-0.25, -0.2) is 0 Å². The highest BCUT2D eigenvalue weighted by Crippen LogP contribution is 2.21. The summed E-state index contributed by atoms with van der Waals surface area (Å²) in [5, 5.41) is 9.19. The van der Waals surface area contributed by atoms with E-state index >= 15 is 0 Å². The normalized spacial score (nSPS) is 10.2. The van der Waals surface area contributed by atoms with E-state index in [0.29, 0.717) is 21.4 Å². The molecule has 1 heterocycles. The van der Waals surface area contributed by atoms with Crippen molar-refractivity contribution in [3.05, 3.63) is 40.6 Å². The van der Waals surface area contributed by atoms with Gasteiger partial charge in [-0.15, -0.1) is 0 Å². The predicted molar refractivity (Wildman–Crippen MR) is 82.8 cm³/mol. The van der Waals surface area contributed by atoms with Crippen molar-refractivity contribution in [3.8, 4) is 0 Å². The molecule has 0 fully saturated rings. The van der Waals surface area contributed by atoms with Crippen LogP contribution in [-0.2, 0) is 11.3 Å². The number of carbonyl (C=O) groups is 2. The SMILES string of the molecule is CNC(=O)Cn1cc(NC(=O)c2ccc(N)c(Br)c2)cn1. The van der Waals surface area contributed by atoms with Crippen molar-refractivity contribution in [2.45, 2.75) is 6.54 Å². The first-order chi connectivity index (χ1) is 9.99. The Morgan fingerprint density at radius 3 is 2.86 bits per heavy atom. The summed E-state index contributed by atoms with van der Waals surface area (Å²) in [4.78, 5) is 23.3. The van der Waals surface area contributed by atoms with Crippen molar-refractivity contribution in [1.29, 1.82) is 0 Å². The topological polar surface area (TPSA) is 102 Å². The first-order valence-corrected chi connectivity index (χ1v) is 6.88. The monoisotopic (exact) mass is 351 g/mol. The lowest BCUT2D eigenvalue weighted by Crippen LogP contribution is -2.23. The summed E-state index contributed by atoms with van der Waals surface area (Å²) in [6, 6.07) is 4.91. The molecule has 2 amide bonds.